The highest BCUT2D eigenvalue weighted by atomic mass is 16.5. The maximum atomic E-state index is 12.4. The highest BCUT2D eigenvalue weighted by Crippen LogP contribution is 2.28. The normalized spacial score (nSPS) is 13.0. The lowest BCUT2D eigenvalue weighted by Gasteiger charge is -2.26. The smallest absolute Gasteiger partial charge is 0.260 e. The summed E-state index contributed by atoms with van der Waals surface area (Å²) in [7, 11) is 1.54. The van der Waals surface area contributed by atoms with E-state index in [1.54, 1.807) is 36.4 Å². The average Bonchev–Trinajstić information content (AvgIpc) is 3.01. The molecule has 5 rings (SSSR count). The second-order valence-electron chi connectivity index (χ2n) is 8.85. The van der Waals surface area contributed by atoms with Crippen molar-refractivity contribution in [3.05, 3.63) is 84.4 Å². The standard InChI is InChI=1S/C29H30N8O4/c1-39-25-18-21(12-13-24(25)41-20-26(38)37-14-16-40-17-15-37)19-30-36-29-34-27(31-22-8-4-2-5-9-22)33-28(35-29)32-23-10-6-3-7-11-23/h2-13,18-19H,14-17,20H2,1H3,(H3,31,32,33,34,35,36)/b30-19+. The van der Waals surface area contributed by atoms with Crippen LogP contribution in [0, 0.1) is 0 Å². The minimum atomic E-state index is -0.0928. The van der Waals surface area contributed by atoms with E-state index in [9.17, 15) is 4.79 Å². The van der Waals surface area contributed by atoms with Gasteiger partial charge < -0.3 is 29.7 Å². The van der Waals surface area contributed by atoms with Gasteiger partial charge in [0.05, 0.1) is 26.5 Å². The molecule has 1 aliphatic heterocycles. The van der Waals surface area contributed by atoms with Crippen LogP contribution in [0.4, 0.5) is 29.2 Å². The number of hydrogen-bond donors (Lipinski definition) is 3. The van der Waals surface area contributed by atoms with Crippen LogP contribution < -0.4 is 25.5 Å². The number of anilines is 5. The summed E-state index contributed by atoms with van der Waals surface area (Å²) in [5.74, 6) is 1.78. The predicted octanol–water partition coefficient (Wildman–Crippen LogP) is 4.05. The summed E-state index contributed by atoms with van der Waals surface area (Å²) in [6.45, 7) is 2.13. The van der Waals surface area contributed by atoms with E-state index in [1.165, 1.54) is 0 Å². The first kappa shape index (κ1) is 27.3. The summed E-state index contributed by atoms with van der Waals surface area (Å²) in [6.07, 6.45) is 1.60. The van der Waals surface area contributed by atoms with Gasteiger partial charge in [0, 0.05) is 24.5 Å². The van der Waals surface area contributed by atoms with Crippen LogP contribution in [0.1, 0.15) is 5.56 Å². The number of rotatable bonds is 11. The van der Waals surface area contributed by atoms with E-state index >= 15 is 0 Å². The number of nitrogens with one attached hydrogen (secondary N) is 3. The van der Waals surface area contributed by atoms with Gasteiger partial charge >= 0.3 is 0 Å². The van der Waals surface area contributed by atoms with Gasteiger partial charge in [-0.3, -0.25) is 4.79 Å². The number of benzene rings is 3. The molecule has 12 heteroatoms. The first-order valence-corrected chi connectivity index (χ1v) is 13.0. The molecule has 0 radical (unpaired) electrons. The summed E-state index contributed by atoms with van der Waals surface area (Å²) in [4.78, 5) is 27.5. The quantitative estimate of drug-likeness (QED) is 0.184. The summed E-state index contributed by atoms with van der Waals surface area (Å²) in [5, 5.41) is 10.7. The number of nitrogens with zero attached hydrogens (tertiary/aromatic N) is 5. The van der Waals surface area contributed by atoms with E-state index in [-0.39, 0.29) is 18.5 Å². The molecule has 0 aliphatic carbocycles. The van der Waals surface area contributed by atoms with E-state index < -0.39 is 0 Å². The van der Waals surface area contributed by atoms with E-state index in [0.717, 1.165) is 16.9 Å². The molecule has 1 aromatic heterocycles. The molecule has 3 N–H and O–H groups in total. The Morgan fingerprint density at radius 1 is 0.878 bits per heavy atom. The number of carbonyl (C=O) groups is 1. The lowest BCUT2D eigenvalue weighted by Crippen LogP contribution is -2.43. The zero-order chi connectivity index (χ0) is 28.3. The van der Waals surface area contributed by atoms with Gasteiger partial charge in [-0.05, 0) is 48.0 Å². The maximum absolute atomic E-state index is 12.4. The Labute approximate surface area is 237 Å². The third-order valence-electron chi connectivity index (χ3n) is 5.98. The van der Waals surface area contributed by atoms with Gasteiger partial charge in [0.15, 0.2) is 18.1 Å². The fraction of sp³-hybridized carbons (Fsp3) is 0.207. The SMILES string of the molecule is COc1cc(/C=N/Nc2nc(Nc3ccccc3)nc(Nc3ccccc3)n2)ccc1OCC(=O)N1CCOCC1. The second-order valence-corrected chi connectivity index (χ2v) is 8.85. The number of methoxy groups -OCH3 is 1. The van der Waals surface area contributed by atoms with Crippen molar-refractivity contribution in [1.29, 1.82) is 0 Å². The van der Waals surface area contributed by atoms with Crippen LogP contribution in [0.25, 0.3) is 0 Å². The summed E-state index contributed by atoms with van der Waals surface area (Å²) >= 11 is 0. The van der Waals surface area contributed by atoms with E-state index in [4.69, 9.17) is 14.2 Å². The molecule has 1 amide bonds. The molecule has 0 atom stereocenters. The number of hydrogen-bond acceptors (Lipinski definition) is 11. The lowest BCUT2D eigenvalue weighted by atomic mass is 10.2. The minimum absolute atomic E-state index is 0.0799. The molecule has 4 aromatic rings. The van der Waals surface area contributed by atoms with Crippen molar-refractivity contribution in [2.75, 3.05) is 56.1 Å². The van der Waals surface area contributed by atoms with E-state index in [0.29, 0.717) is 49.7 Å². The van der Waals surface area contributed by atoms with Crippen LogP contribution in [0.5, 0.6) is 11.5 Å². The zero-order valence-electron chi connectivity index (χ0n) is 22.5. The van der Waals surface area contributed by atoms with Gasteiger partial charge in [-0.15, -0.1) is 0 Å². The van der Waals surface area contributed by atoms with Crippen LogP contribution >= 0.6 is 0 Å². The third kappa shape index (κ3) is 7.90. The average molecular weight is 555 g/mol. The van der Waals surface area contributed by atoms with Crippen molar-refractivity contribution in [1.82, 2.24) is 19.9 Å². The molecule has 0 saturated carbocycles. The number of aromatic nitrogens is 3. The summed E-state index contributed by atoms with van der Waals surface area (Å²) in [6, 6.07) is 24.5. The Bertz CT molecular complexity index is 1400. The molecule has 0 bridgehead atoms. The fourth-order valence-corrected chi connectivity index (χ4v) is 3.93. The van der Waals surface area contributed by atoms with Gasteiger partial charge in [0.2, 0.25) is 17.8 Å². The topological polar surface area (TPSA) is 135 Å². The number of ether oxygens (including phenoxy) is 3. The highest BCUT2D eigenvalue weighted by molar-refractivity contribution is 5.82. The first-order valence-electron chi connectivity index (χ1n) is 13.0. The zero-order valence-corrected chi connectivity index (χ0v) is 22.5. The largest absolute Gasteiger partial charge is 0.493 e. The van der Waals surface area contributed by atoms with Crippen molar-refractivity contribution in [2.24, 2.45) is 5.10 Å². The highest BCUT2D eigenvalue weighted by Gasteiger charge is 2.18. The number of amides is 1. The van der Waals surface area contributed by atoms with Crippen LogP contribution in [0.3, 0.4) is 0 Å². The molecule has 12 nitrogen and oxygen atoms in total. The number of hydrazone groups is 1. The van der Waals surface area contributed by atoms with Crippen molar-refractivity contribution >= 4 is 41.3 Å². The fourth-order valence-electron chi connectivity index (χ4n) is 3.93. The Morgan fingerprint density at radius 3 is 2.10 bits per heavy atom. The molecule has 3 aromatic carbocycles. The number of para-hydroxylation sites is 2. The van der Waals surface area contributed by atoms with Crippen LogP contribution in [0.15, 0.2) is 84.0 Å². The molecule has 1 fully saturated rings. The molecule has 0 unspecified atom stereocenters. The van der Waals surface area contributed by atoms with Crippen molar-refractivity contribution in [2.45, 2.75) is 0 Å². The number of morpholine rings is 1. The van der Waals surface area contributed by atoms with Gasteiger partial charge in [-0.25, -0.2) is 5.43 Å². The number of carbonyl (C=O) groups excluding carboxylic acids is 1. The van der Waals surface area contributed by atoms with Gasteiger partial charge in [-0.1, -0.05) is 36.4 Å². The molecule has 41 heavy (non-hydrogen) atoms. The second kappa shape index (κ2) is 13.7. The summed E-state index contributed by atoms with van der Waals surface area (Å²) in [5.41, 5.74) is 5.27. The Kier molecular flexibility index (Phi) is 9.15. The summed E-state index contributed by atoms with van der Waals surface area (Å²) < 4.78 is 16.5. The van der Waals surface area contributed by atoms with Crippen LogP contribution in [0.2, 0.25) is 0 Å². The van der Waals surface area contributed by atoms with Gasteiger partial charge in [-0.2, -0.15) is 20.1 Å². The van der Waals surface area contributed by atoms with Crippen molar-refractivity contribution < 1.29 is 19.0 Å². The maximum Gasteiger partial charge on any atom is 0.260 e. The van der Waals surface area contributed by atoms with Crippen LogP contribution in [-0.2, 0) is 9.53 Å². The van der Waals surface area contributed by atoms with Gasteiger partial charge in [0.1, 0.15) is 0 Å². The molecule has 210 valence electrons. The first-order chi connectivity index (χ1) is 20.2. The molecule has 2 heterocycles. The Balaban J connectivity index is 1.26. The van der Waals surface area contributed by atoms with Crippen molar-refractivity contribution in [3.8, 4) is 11.5 Å². The molecular weight excluding hydrogens is 524 g/mol. The van der Waals surface area contributed by atoms with Crippen LogP contribution in [-0.4, -0.2) is 72.0 Å². The molecular formula is C29H30N8O4. The Morgan fingerprint density at radius 2 is 1.49 bits per heavy atom. The lowest BCUT2D eigenvalue weighted by molar-refractivity contribution is -0.137. The van der Waals surface area contributed by atoms with E-state index in [1.807, 2.05) is 60.7 Å². The van der Waals surface area contributed by atoms with Gasteiger partial charge in [0.25, 0.3) is 5.91 Å². The van der Waals surface area contributed by atoms with Crippen molar-refractivity contribution in [3.63, 3.8) is 0 Å². The molecule has 0 spiro atoms. The third-order valence-corrected chi connectivity index (χ3v) is 5.98. The monoisotopic (exact) mass is 554 g/mol. The molecule has 1 aliphatic rings. The Hall–Kier alpha value is -5.23. The van der Waals surface area contributed by atoms with E-state index in [2.05, 4.69) is 36.1 Å². The minimum Gasteiger partial charge on any atom is -0.493 e. The molecule has 1 saturated heterocycles. The predicted molar refractivity (Wildman–Crippen MR) is 156 cm³/mol.